The van der Waals surface area contributed by atoms with Crippen LogP contribution in [-0.2, 0) is 4.79 Å². The highest BCUT2D eigenvalue weighted by atomic mass is 16.5. The summed E-state index contributed by atoms with van der Waals surface area (Å²) in [5, 5.41) is 35.4. The molecule has 0 radical (unpaired) electrons. The van der Waals surface area contributed by atoms with E-state index in [0.717, 1.165) is 12.8 Å². The smallest absolute Gasteiger partial charge is 0.251 e. The average Bonchev–Trinajstić information content (AvgIpc) is 2.94. The Balaban J connectivity index is 1.45. The number of hydrogen-bond donors (Lipinski definition) is 4. The monoisotopic (exact) mass is 545 g/mol. The normalized spacial score (nSPS) is 24.4. The van der Waals surface area contributed by atoms with Gasteiger partial charge >= 0.3 is 0 Å². The van der Waals surface area contributed by atoms with Crippen molar-refractivity contribution < 1.29 is 24.2 Å². The van der Waals surface area contributed by atoms with E-state index in [2.05, 4.69) is 16.7 Å². The van der Waals surface area contributed by atoms with Crippen molar-refractivity contribution in [2.45, 2.75) is 82.7 Å². The number of nitrogens with zero attached hydrogens (tertiary/aromatic N) is 2. The summed E-state index contributed by atoms with van der Waals surface area (Å²) < 4.78 is 11.8. The minimum Gasteiger partial charge on any atom is -0.493 e. The first-order valence-corrected chi connectivity index (χ1v) is 13.7. The Morgan fingerprint density at radius 1 is 1.20 bits per heavy atom. The zero-order valence-corrected chi connectivity index (χ0v) is 23.2. The summed E-state index contributed by atoms with van der Waals surface area (Å²) in [5.41, 5.74) is 0.470. The number of fused-ring (bicyclic) bond motifs is 2. The second-order valence-electron chi connectivity index (χ2n) is 11.3. The molecule has 5 rings (SSSR count). The maximum absolute atomic E-state index is 13.6. The Bertz CT molecular complexity index is 1390. The van der Waals surface area contributed by atoms with Gasteiger partial charge in [0.15, 0.2) is 5.96 Å². The number of amides is 2. The Kier molecular flexibility index (Phi) is 6.96. The molecule has 10 heteroatoms. The van der Waals surface area contributed by atoms with Gasteiger partial charge in [-0.1, -0.05) is 13.8 Å². The third-order valence-corrected chi connectivity index (χ3v) is 8.49. The van der Waals surface area contributed by atoms with E-state index in [9.17, 15) is 20.0 Å². The second-order valence-corrected chi connectivity index (χ2v) is 11.3. The molecule has 2 aromatic carbocycles. The minimum absolute atomic E-state index is 0.0603. The van der Waals surface area contributed by atoms with Crippen molar-refractivity contribution in [1.29, 1.82) is 10.7 Å². The topological polar surface area (TPSA) is 148 Å². The number of rotatable bonds is 5. The van der Waals surface area contributed by atoms with Gasteiger partial charge in [-0.05, 0) is 63.1 Å². The number of benzene rings is 2. The van der Waals surface area contributed by atoms with Crippen molar-refractivity contribution in [2.24, 2.45) is 0 Å². The average molecular weight is 546 g/mol. The van der Waals surface area contributed by atoms with Crippen LogP contribution in [0.25, 0.3) is 0 Å². The molecule has 0 aromatic heterocycles. The first-order chi connectivity index (χ1) is 19.0. The van der Waals surface area contributed by atoms with Gasteiger partial charge in [0.05, 0.1) is 36.7 Å². The lowest BCUT2D eigenvalue weighted by Crippen LogP contribution is -2.62. The van der Waals surface area contributed by atoms with Crippen LogP contribution in [0.5, 0.6) is 11.5 Å². The summed E-state index contributed by atoms with van der Waals surface area (Å²) in [5.74, 6) is 0.551. The number of carbonyl (C=O) groups excluding carboxylic acids is 2. The van der Waals surface area contributed by atoms with Crippen LogP contribution in [0.3, 0.4) is 0 Å². The highest BCUT2D eigenvalue weighted by Crippen LogP contribution is 2.42. The SMILES string of the molecule is CCC1(CC)CC(=O)N([C@@H]2CCOc3ccc(C(=O)N[C@@H]4c5cc(C#N)ccc5OC(C)(C)[C@H]4O)cc32)C(=N)N1. The predicted molar refractivity (Wildman–Crippen MR) is 147 cm³/mol. The lowest BCUT2D eigenvalue weighted by molar-refractivity contribution is -0.133. The highest BCUT2D eigenvalue weighted by molar-refractivity contribution is 6.00. The molecule has 3 heterocycles. The molecule has 210 valence electrons. The van der Waals surface area contributed by atoms with Crippen LogP contribution < -0.4 is 20.1 Å². The third-order valence-electron chi connectivity index (χ3n) is 8.49. The van der Waals surface area contributed by atoms with Crippen molar-refractivity contribution in [3.8, 4) is 17.6 Å². The van der Waals surface area contributed by atoms with E-state index in [1.54, 1.807) is 50.2 Å². The molecule has 10 nitrogen and oxygen atoms in total. The first-order valence-electron chi connectivity index (χ1n) is 13.7. The molecular formula is C30H35N5O5. The summed E-state index contributed by atoms with van der Waals surface area (Å²) in [6.45, 7) is 7.88. The number of hydrogen-bond acceptors (Lipinski definition) is 7. The maximum atomic E-state index is 13.6. The number of guanidine groups is 1. The Labute approximate surface area is 233 Å². The lowest BCUT2D eigenvalue weighted by Gasteiger charge is -2.45. The lowest BCUT2D eigenvalue weighted by atomic mass is 9.85. The summed E-state index contributed by atoms with van der Waals surface area (Å²) in [6.07, 6.45) is 1.15. The molecule has 40 heavy (non-hydrogen) atoms. The van der Waals surface area contributed by atoms with Gasteiger partial charge in [0, 0.05) is 28.7 Å². The number of ether oxygens (including phenoxy) is 2. The molecule has 1 saturated heterocycles. The largest absolute Gasteiger partial charge is 0.493 e. The summed E-state index contributed by atoms with van der Waals surface area (Å²) >= 11 is 0. The molecule has 0 aliphatic carbocycles. The van der Waals surface area contributed by atoms with E-state index in [4.69, 9.17) is 14.9 Å². The molecular weight excluding hydrogens is 510 g/mol. The minimum atomic E-state index is -1.08. The van der Waals surface area contributed by atoms with Gasteiger partial charge < -0.3 is 25.2 Å². The molecule has 1 fully saturated rings. The molecule has 2 aromatic rings. The van der Waals surface area contributed by atoms with E-state index < -0.39 is 35.2 Å². The molecule has 4 N–H and O–H groups in total. The molecule has 3 aliphatic rings. The standard InChI is InChI=1S/C30H35N5O5/c1-5-30(6-2)15-24(36)35(28(32)34-30)21-11-12-39-22-10-8-18(14-19(21)22)27(38)33-25-20-13-17(16-31)7-9-23(20)40-29(3,4)26(25)37/h7-10,13-14,21,25-26,37H,5-6,11-12,15H2,1-4H3,(H2,32,34)(H,33,38)/t21-,25-,26+/m1/s1. The van der Waals surface area contributed by atoms with Crippen molar-refractivity contribution in [3.05, 3.63) is 58.7 Å². The van der Waals surface area contributed by atoms with Crippen molar-refractivity contribution in [3.63, 3.8) is 0 Å². The summed E-state index contributed by atoms with van der Waals surface area (Å²) in [4.78, 5) is 28.4. The third kappa shape index (κ3) is 4.64. The first kappa shape index (κ1) is 27.5. The fraction of sp³-hybridized carbons (Fsp3) is 0.467. The van der Waals surface area contributed by atoms with Crippen molar-refractivity contribution in [2.75, 3.05) is 6.61 Å². The fourth-order valence-corrected chi connectivity index (χ4v) is 5.90. The Morgan fingerprint density at radius 2 is 1.93 bits per heavy atom. The van der Waals surface area contributed by atoms with E-state index >= 15 is 0 Å². The molecule has 0 saturated carbocycles. The Hall–Kier alpha value is -4.10. The molecule has 0 bridgehead atoms. The van der Waals surface area contributed by atoms with E-state index in [0.29, 0.717) is 46.8 Å². The molecule has 3 atom stereocenters. The number of aliphatic hydroxyl groups is 1. The number of nitrogens with one attached hydrogen (secondary N) is 3. The summed E-state index contributed by atoms with van der Waals surface area (Å²) in [7, 11) is 0. The summed E-state index contributed by atoms with van der Waals surface area (Å²) in [6, 6.07) is 10.8. The zero-order valence-electron chi connectivity index (χ0n) is 23.2. The fourth-order valence-electron chi connectivity index (χ4n) is 5.90. The van der Waals surface area contributed by atoms with Crippen LogP contribution >= 0.6 is 0 Å². The Morgan fingerprint density at radius 3 is 2.60 bits per heavy atom. The van der Waals surface area contributed by atoms with Gasteiger partial charge in [0.2, 0.25) is 5.91 Å². The van der Waals surface area contributed by atoms with Gasteiger partial charge in [-0.15, -0.1) is 0 Å². The van der Waals surface area contributed by atoms with Gasteiger partial charge in [-0.3, -0.25) is 19.9 Å². The second kappa shape index (κ2) is 10.1. The van der Waals surface area contributed by atoms with Crippen LogP contribution in [0.2, 0.25) is 0 Å². The maximum Gasteiger partial charge on any atom is 0.251 e. The van der Waals surface area contributed by atoms with Crippen LogP contribution in [0.15, 0.2) is 36.4 Å². The van der Waals surface area contributed by atoms with Crippen LogP contribution in [0, 0.1) is 16.7 Å². The van der Waals surface area contributed by atoms with Crippen LogP contribution in [0.4, 0.5) is 0 Å². The number of aliphatic hydroxyl groups excluding tert-OH is 1. The predicted octanol–water partition coefficient (Wildman–Crippen LogP) is 3.70. The van der Waals surface area contributed by atoms with Gasteiger partial charge in [-0.2, -0.15) is 5.26 Å². The van der Waals surface area contributed by atoms with Gasteiger partial charge in [0.1, 0.15) is 23.2 Å². The molecule has 0 unspecified atom stereocenters. The van der Waals surface area contributed by atoms with E-state index in [1.165, 1.54) is 4.90 Å². The quantitative estimate of drug-likeness (QED) is 0.448. The van der Waals surface area contributed by atoms with E-state index in [-0.39, 0.29) is 18.3 Å². The van der Waals surface area contributed by atoms with Gasteiger partial charge in [-0.25, -0.2) is 0 Å². The van der Waals surface area contributed by atoms with Crippen LogP contribution in [0.1, 0.15) is 92.5 Å². The number of nitriles is 1. The molecule has 0 spiro atoms. The van der Waals surface area contributed by atoms with Crippen molar-refractivity contribution in [1.82, 2.24) is 15.5 Å². The highest BCUT2D eigenvalue weighted by Gasteiger charge is 2.45. The van der Waals surface area contributed by atoms with Crippen LogP contribution in [-0.4, -0.2) is 51.6 Å². The number of carbonyl (C=O) groups is 2. The molecule has 2 amide bonds. The zero-order chi connectivity index (χ0) is 28.8. The van der Waals surface area contributed by atoms with E-state index in [1.807, 2.05) is 13.8 Å². The van der Waals surface area contributed by atoms with Gasteiger partial charge in [0.25, 0.3) is 5.91 Å². The van der Waals surface area contributed by atoms with Crippen molar-refractivity contribution >= 4 is 17.8 Å². The molecule has 3 aliphatic heterocycles.